The Bertz CT molecular complexity index is 565. The highest BCUT2D eigenvalue weighted by Crippen LogP contribution is 2.08. The second-order valence-electron chi connectivity index (χ2n) is 4.35. The minimum Gasteiger partial charge on any atom is -0.466 e. The SMILES string of the molecule is CCOC(=O)CC(OC(=O)C(=O)c1ccccc1)C(=O)OCC. The lowest BCUT2D eigenvalue weighted by Crippen LogP contribution is -2.34. The largest absolute Gasteiger partial charge is 0.466 e. The van der Waals surface area contributed by atoms with Crippen LogP contribution in [0.15, 0.2) is 30.3 Å². The van der Waals surface area contributed by atoms with E-state index >= 15 is 0 Å². The number of esters is 3. The van der Waals surface area contributed by atoms with Crippen LogP contribution >= 0.6 is 0 Å². The summed E-state index contributed by atoms with van der Waals surface area (Å²) in [6.45, 7) is 3.33. The molecule has 0 spiro atoms. The molecule has 0 N–H and O–H groups in total. The summed E-state index contributed by atoms with van der Waals surface area (Å²) < 4.78 is 14.3. The van der Waals surface area contributed by atoms with Crippen molar-refractivity contribution < 1.29 is 33.4 Å². The average Bonchev–Trinajstić information content (AvgIpc) is 2.54. The predicted molar refractivity (Wildman–Crippen MR) is 78.5 cm³/mol. The van der Waals surface area contributed by atoms with Gasteiger partial charge in [-0.05, 0) is 13.8 Å². The van der Waals surface area contributed by atoms with Crippen molar-refractivity contribution in [2.75, 3.05) is 13.2 Å². The van der Waals surface area contributed by atoms with Crippen LogP contribution in [0.2, 0.25) is 0 Å². The van der Waals surface area contributed by atoms with Crippen LogP contribution in [0.25, 0.3) is 0 Å². The molecule has 7 heteroatoms. The zero-order chi connectivity index (χ0) is 17.2. The summed E-state index contributed by atoms with van der Waals surface area (Å²) in [7, 11) is 0. The van der Waals surface area contributed by atoms with E-state index in [9.17, 15) is 19.2 Å². The summed E-state index contributed by atoms with van der Waals surface area (Å²) in [5.74, 6) is -3.79. The third-order valence-corrected chi connectivity index (χ3v) is 2.68. The molecule has 1 aromatic carbocycles. The molecular formula is C16H18O7. The zero-order valence-corrected chi connectivity index (χ0v) is 12.9. The first-order valence-corrected chi connectivity index (χ1v) is 7.12. The van der Waals surface area contributed by atoms with E-state index in [0.29, 0.717) is 0 Å². The Balaban J connectivity index is 2.78. The molecule has 0 aliphatic carbocycles. The molecular weight excluding hydrogens is 304 g/mol. The number of carbonyl (C=O) groups is 4. The van der Waals surface area contributed by atoms with E-state index in [4.69, 9.17) is 14.2 Å². The molecule has 1 unspecified atom stereocenters. The fraction of sp³-hybridized carbons (Fsp3) is 0.375. The van der Waals surface area contributed by atoms with Crippen LogP contribution in [-0.4, -0.2) is 43.0 Å². The highest BCUT2D eigenvalue weighted by atomic mass is 16.6. The Morgan fingerprint density at radius 2 is 1.57 bits per heavy atom. The van der Waals surface area contributed by atoms with E-state index in [0.717, 1.165) is 0 Å². The molecule has 0 bridgehead atoms. The number of ketones is 1. The van der Waals surface area contributed by atoms with E-state index in [-0.39, 0.29) is 18.8 Å². The first-order valence-electron chi connectivity index (χ1n) is 7.12. The van der Waals surface area contributed by atoms with Gasteiger partial charge in [-0.1, -0.05) is 30.3 Å². The van der Waals surface area contributed by atoms with Crippen molar-refractivity contribution >= 4 is 23.7 Å². The molecule has 124 valence electrons. The third kappa shape index (κ3) is 5.90. The second kappa shape index (κ2) is 9.34. The van der Waals surface area contributed by atoms with Crippen molar-refractivity contribution in [3.05, 3.63) is 35.9 Å². The van der Waals surface area contributed by atoms with Gasteiger partial charge in [-0.2, -0.15) is 0 Å². The Labute approximate surface area is 133 Å². The predicted octanol–water partition coefficient (Wildman–Crippen LogP) is 1.30. The van der Waals surface area contributed by atoms with Gasteiger partial charge in [-0.25, -0.2) is 9.59 Å². The van der Waals surface area contributed by atoms with Crippen LogP contribution < -0.4 is 0 Å². The van der Waals surface area contributed by atoms with Crippen LogP contribution in [-0.2, 0) is 28.6 Å². The molecule has 0 saturated carbocycles. The maximum Gasteiger partial charge on any atom is 0.380 e. The van der Waals surface area contributed by atoms with Crippen LogP contribution in [0.4, 0.5) is 0 Å². The van der Waals surface area contributed by atoms with Gasteiger partial charge in [0, 0.05) is 5.56 Å². The van der Waals surface area contributed by atoms with Crippen molar-refractivity contribution in [3.8, 4) is 0 Å². The van der Waals surface area contributed by atoms with Gasteiger partial charge in [0.1, 0.15) is 0 Å². The summed E-state index contributed by atoms with van der Waals surface area (Å²) >= 11 is 0. The lowest BCUT2D eigenvalue weighted by molar-refractivity contribution is -0.169. The van der Waals surface area contributed by atoms with Gasteiger partial charge in [-0.15, -0.1) is 0 Å². The summed E-state index contributed by atoms with van der Waals surface area (Å²) in [6, 6.07) is 7.73. The Morgan fingerprint density at radius 3 is 2.13 bits per heavy atom. The molecule has 0 radical (unpaired) electrons. The Hall–Kier alpha value is -2.70. The van der Waals surface area contributed by atoms with Gasteiger partial charge in [-0.3, -0.25) is 9.59 Å². The number of carbonyl (C=O) groups excluding carboxylic acids is 4. The molecule has 1 atom stereocenters. The highest BCUT2D eigenvalue weighted by Gasteiger charge is 2.30. The van der Waals surface area contributed by atoms with Crippen LogP contribution in [0, 0.1) is 0 Å². The number of benzene rings is 1. The molecule has 0 saturated heterocycles. The number of Topliss-reactive ketones (excluding diaryl/α,β-unsaturated/α-hetero) is 1. The Kier molecular flexibility index (Phi) is 7.45. The van der Waals surface area contributed by atoms with E-state index in [1.165, 1.54) is 12.1 Å². The van der Waals surface area contributed by atoms with Crippen LogP contribution in [0.3, 0.4) is 0 Å². The molecule has 0 aliphatic rings. The molecule has 23 heavy (non-hydrogen) atoms. The van der Waals surface area contributed by atoms with E-state index in [2.05, 4.69) is 0 Å². The molecule has 0 aromatic heterocycles. The van der Waals surface area contributed by atoms with E-state index in [1.807, 2.05) is 0 Å². The topological polar surface area (TPSA) is 96.0 Å². The molecule has 0 fully saturated rings. The fourth-order valence-electron chi connectivity index (χ4n) is 1.67. The summed E-state index contributed by atoms with van der Waals surface area (Å²) in [6.07, 6.45) is -2.03. The van der Waals surface area contributed by atoms with Gasteiger partial charge in [0.05, 0.1) is 19.6 Å². The number of rotatable bonds is 8. The normalized spacial score (nSPS) is 11.2. The number of hydrogen-bond donors (Lipinski definition) is 0. The maximum atomic E-state index is 11.9. The molecule has 1 aromatic rings. The monoisotopic (exact) mass is 322 g/mol. The van der Waals surface area contributed by atoms with Crippen molar-refractivity contribution in [2.24, 2.45) is 0 Å². The minimum atomic E-state index is -1.52. The smallest absolute Gasteiger partial charge is 0.380 e. The van der Waals surface area contributed by atoms with E-state index < -0.39 is 36.2 Å². The van der Waals surface area contributed by atoms with Gasteiger partial charge >= 0.3 is 17.9 Å². The van der Waals surface area contributed by atoms with Gasteiger partial charge in [0.15, 0.2) is 0 Å². The maximum absolute atomic E-state index is 11.9. The first-order chi connectivity index (χ1) is 11.0. The van der Waals surface area contributed by atoms with Gasteiger partial charge in [0.2, 0.25) is 6.10 Å². The van der Waals surface area contributed by atoms with E-state index in [1.54, 1.807) is 32.0 Å². The van der Waals surface area contributed by atoms with Crippen LogP contribution in [0.5, 0.6) is 0 Å². The third-order valence-electron chi connectivity index (χ3n) is 2.68. The first kappa shape index (κ1) is 18.3. The number of hydrogen-bond acceptors (Lipinski definition) is 7. The molecule has 1 rings (SSSR count). The fourth-order valence-corrected chi connectivity index (χ4v) is 1.67. The average molecular weight is 322 g/mol. The Morgan fingerprint density at radius 1 is 0.957 bits per heavy atom. The lowest BCUT2D eigenvalue weighted by atomic mass is 10.1. The van der Waals surface area contributed by atoms with Crippen molar-refractivity contribution in [1.82, 2.24) is 0 Å². The quantitative estimate of drug-likeness (QED) is 0.308. The minimum absolute atomic E-state index is 0.0440. The summed E-state index contributed by atoms with van der Waals surface area (Å²) in [5, 5.41) is 0. The lowest BCUT2D eigenvalue weighted by Gasteiger charge is -2.15. The molecule has 0 amide bonds. The van der Waals surface area contributed by atoms with Crippen molar-refractivity contribution in [1.29, 1.82) is 0 Å². The van der Waals surface area contributed by atoms with Gasteiger partial charge in [0.25, 0.3) is 5.78 Å². The zero-order valence-electron chi connectivity index (χ0n) is 12.9. The van der Waals surface area contributed by atoms with Gasteiger partial charge < -0.3 is 14.2 Å². The molecule has 7 nitrogen and oxygen atoms in total. The summed E-state index contributed by atoms with van der Waals surface area (Å²) in [5.41, 5.74) is 0.122. The standard InChI is InChI=1S/C16H18O7/c1-3-21-13(17)10-12(15(19)22-4-2)23-16(20)14(18)11-8-6-5-7-9-11/h5-9,12H,3-4,10H2,1-2H3. The highest BCUT2D eigenvalue weighted by molar-refractivity contribution is 6.40. The number of ether oxygens (including phenoxy) is 3. The van der Waals surface area contributed by atoms with Crippen molar-refractivity contribution in [3.63, 3.8) is 0 Å². The second-order valence-corrected chi connectivity index (χ2v) is 4.35. The van der Waals surface area contributed by atoms with Crippen LogP contribution in [0.1, 0.15) is 30.6 Å². The molecule has 0 heterocycles. The summed E-state index contributed by atoms with van der Waals surface area (Å²) in [4.78, 5) is 47.0. The van der Waals surface area contributed by atoms with Crippen molar-refractivity contribution in [2.45, 2.75) is 26.4 Å². The molecule has 0 aliphatic heterocycles.